The van der Waals surface area contributed by atoms with E-state index in [-0.39, 0.29) is 60.5 Å². The molecule has 4 rings (SSSR count). The van der Waals surface area contributed by atoms with Gasteiger partial charge in [0.1, 0.15) is 42.0 Å². The number of hydroxylamine groups is 1. The number of likely N-dealkylation sites (N-methyl/N-ethyl adjacent to an activating group) is 1. The molecule has 6 N–H and O–H groups in total. The zero-order chi connectivity index (χ0) is 41.3. The molecule has 2 fully saturated rings. The summed E-state index contributed by atoms with van der Waals surface area (Å²) in [7, 11) is 3.40. The Morgan fingerprint density at radius 3 is 1.60 bits per heavy atom. The number of likely N-dealkylation sites (tertiary alicyclic amines) is 2. The van der Waals surface area contributed by atoms with Crippen molar-refractivity contribution in [1.82, 2.24) is 41.9 Å². The average molecular weight is 799 g/mol. The fourth-order valence-corrected chi connectivity index (χ4v) is 7.04. The molecule has 0 aliphatic carbocycles. The predicted octanol–water partition coefficient (Wildman–Crippen LogP) is 2.77. The highest BCUT2D eigenvalue weighted by Crippen LogP contribution is 2.23. The number of carbonyl (C=O) groups is 5. The molecule has 0 saturated carbocycles. The fourth-order valence-electron chi connectivity index (χ4n) is 7.04. The van der Waals surface area contributed by atoms with E-state index in [0.717, 1.165) is 24.0 Å². The molecule has 0 unspecified atom stereocenters. The van der Waals surface area contributed by atoms with E-state index in [9.17, 15) is 32.8 Å². The number of halogens is 2. The topological polar surface area (TPSA) is 173 Å². The molecule has 5 amide bonds. The Balaban J connectivity index is 1.31. The Labute approximate surface area is 334 Å². The Kier molecular flexibility index (Phi) is 18.3. The molecule has 14 nitrogen and oxygen atoms in total. The molecular weight excluding hydrogens is 738 g/mol. The van der Waals surface area contributed by atoms with Crippen LogP contribution in [0.2, 0.25) is 0 Å². The van der Waals surface area contributed by atoms with Crippen LogP contribution in [-0.2, 0) is 41.9 Å². The van der Waals surface area contributed by atoms with Crippen LogP contribution in [0.4, 0.5) is 8.78 Å². The molecule has 57 heavy (non-hydrogen) atoms. The van der Waals surface area contributed by atoms with Crippen LogP contribution in [0.5, 0.6) is 0 Å². The van der Waals surface area contributed by atoms with Crippen LogP contribution in [0.1, 0.15) is 89.2 Å². The van der Waals surface area contributed by atoms with Gasteiger partial charge in [0, 0.05) is 26.2 Å². The first-order chi connectivity index (χ1) is 27.4. The molecule has 2 heterocycles. The van der Waals surface area contributed by atoms with E-state index in [2.05, 4.69) is 32.1 Å². The van der Waals surface area contributed by atoms with Gasteiger partial charge in [0.05, 0.1) is 6.04 Å². The Bertz CT molecular complexity index is 1620. The van der Waals surface area contributed by atoms with Gasteiger partial charge in [-0.3, -0.25) is 34.1 Å². The van der Waals surface area contributed by atoms with Gasteiger partial charge in [-0.15, -0.1) is 0 Å². The molecule has 0 spiro atoms. The largest absolute Gasteiger partial charge is 0.350 e. The molecule has 2 saturated heterocycles. The van der Waals surface area contributed by atoms with Crippen LogP contribution < -0.4 is 32.1 Å². The van der Waals surface area contributed by atoms with E-state index in [1.165, 1.54) is 24.3 Å². The standard InChI is InChI=1S/C41H60F2N8O6/c1-27(44-3)37(52)48-33(40(55)50-23-9-13-35(50)38(53)46-25-29-15-19-31(42)20-16-29)11-7-5-6-8-12-34(49-57-28(2)45-4)41(56)51-24-10-14-36(51)39(54)47-26-30-17-21-32(43)22-18-30/h15-22,27-28,33-36,44-45,49H,5-14,23-26H2,1-4H3,(H,46,53)(H,47,54)(H,48,52)/t27-,28+,33+,34-,35-,36-/m0/s1. The summed E-state index contributed by atoms with van der Waals surface area (Å²) in [6.07, 6.45) is 5.51. The van der Waals surface area contributed by atoms with Crippen LogP contribution in [0.25, 0.3) is 0 Å². The summed E-state index contributed by atoms with van der Waals surface area (Å²) in [4.78, 5) is 76.0. The zero-order valence-corrected chi connectivity index (χ0v) is 33.6. The van der Waals surface area contributed by atoms with E-state index < -0.39 is 30.2 Å². The predicted molar refractivity (Wildman–Crippen MR) is 211 cm³/mol. The summed E-state index contributed by atoms with van der Waals surface area (Å²) < 4.78 is 26.7. The number of benzene rings is 2. The molecule has 2 aromatic carbocycles. The molecule has 16 heteroatoms. The van der Waals surface area contributed by atoms with Gasteiger partial charge in [-0.05, 0) is 102 Å². The van der Waals surface area contributed by atoms with Gasteiger partial charge in [0.2, 0.25) is 29.5 Å². The fraction of sp³-hybridized carbons (Fsp3) is 0.585. The first-order valence-corrected chi connectivity index (χ1v) is 20.1. The van der Waals surface area contributed by atoms with Crippen LogP contribution in [0, 0.1) is 11.6 Å². The van der Waals surface area contributed by atoms with Crippen molar-refractivity contribution in [3.8, 4) is 0 Å². The maximum absolute atomic E-state index is 13.9. The molecule has 0 aromatic heterocycles. The van der Waals surface area contributed by atoms with Crippen LogP contribution in [0.3, 0.4) is 0 Å². The second kappa shape index (κ2) is 23.0. The van der Waals surface area contributed by atoms with Crippen molar-refractivity contribution in [3.05, 3.63) is 71.3 Å². The third-order valence-electron chi connectivity index (χ3n) is 10.7. The van der Waals surface area contributed by atoms with Gasteiger partial charge in [0.25, 0.3) is 0 Å². The molecule has 0 radical (unpaired) electrons. The van der Waals surface area contributed by atoms with Crippen molar-refractivity contribution in [2.75, 3.05) is 27.2 Å². The lowest BCUT2D eigenvalue weighted by atomic mass is 10.0. The van der Waals surface area contributed by atoms with E-state index in [1.807, 2.05) is 0 Å². The lowest BCUT2D eigenvalue weighted by Gasteiger charge is -2.29. The number of rotatable bonds is 22. The van der Waals surface area contributed by atoms with Crippen LogP contribution in [-0.4, -0.2) is 103 Å². The molecule has 314 valence electrons. The van der Waals surface area contributed by atoms with Crippen molar-refractivity contribution in [1.29, 1.82) is 0 Å². The van der Waals surface area contributed by atoms with Crippen LogP contribution >= 0.6 is 0 Å². The first-order valence-electron chi connectivity index (χ1n) is 20.1. The number of nitrogens with one attached hydrogen (secondary N) is 6. The van der Waals surface area contributed by atoms with Gasteiger partial charge in [-0.1, -0.05) is 49.9 Å². The highest BCUT2D eigenvalue weighted by Gasteiger charge is 2.39. The number of amides is 5. The number of hydrogen-bond donors (Lipinski definition) is 6. The molecule has 2 aliphatic rings. The first kappa shape index (κ1) is 45.2. The van der Waals surface area contributed by atoms with Gasteiger partial charge < -0.3 is 31.1 Å². The van der Waals surface area contributed by atoms with E-state index in [0.29, 0.717) is 64.5 Å². The number of unbranched alkanes of at least 4 members (excludes halogenated alkanes) is 3. The van der Waals surface area contributed by atoms with Gasteiger partial charge in [-0.25, -0.2) is 8.78 Å². The minimum absolute atomic E-state index is 0.201. The van der Waals surface area contributed by atoms with Gasteiger partial charge in [0.15, 0.2) is 0 Å². The SMILES string of the molecule is CN[C@@H](C)ON[C@@H](CCCCCC[C@@H](NC(=O)[C@H](C)NC)C(=O)N1CCC[C@H]1C(=O)NCc1ccc(F)cc1)C(=O)N1CCC[C@H]1C(=O)NCc1ccc(F)cc1. The second-order valence-electron chi connectivity index (χ2n) is 14.9. The molecular formula is C41H60F2N8O6. The van der Waals surface area contributed by atoms with Gasteiger partial charge in [-0.2, -0.15) is 5.48 Å². The zero-order valence-electron chi connectivity index (χ0n) is 33.6. The lowest BCUT2D eigenvalue weighted by Crippen LogP contribution is -2.55. The van der Waals surface area contributed by atoms with Crippen LogP contribution in [0.15, 0.2) is 48.5 Å². The minimum atomic E-state index is -0.826. The van der Waals surface area contributed by atoms with E-state index in [4.69, 9.17) is 4.84 Å². The number of hydrogen-bond acceptors (Lipinski definition) is 9. The van der Waals surface area contributed by atoms with Crippen molar-refractivity contribution >= 4 is 29.5 Å². The summed E-state index contributed by atoms with van der Waals surface area (Å²) in [5.74, 6) is -2.14. The summed E-state index contributed by atoms with van der Waals surface area (Å²) in [5, 5.41) is 14.5. The average Bonchev–Trinajstić information content (AvgIpc) is 3.92. The summed E-state index contributed by atoms with van der Waals surface area (Å²) >= 11 is 0. The highest BCUT2D eigenvalue weighted by molar-refractivity contribution is 5.93. The highest BCUT2D eigenvalue weighted by atomic mass is 19.1. The molecule has 2 aromatic rings. The summed E-state index contributed by atoms with van der Waals surface area (Å²) in [6, 6.07) is 8.37. The van der Waals surface area contributed by atoms with Crippen molar-refractivity contribution in [2.45, 2.75) is 128 Å². The summed E-state index contributed by atoms with van der Waals surface area (Å²) in [5.41, 5.74) is 4.41. The summed E-state index contributed by atoms with van der Waals surface area (Å²) in [6.45, 7) is 4.76. The van der Waals surface area contributed by atoms with E-state index in [1.54, 1.807) is 62.0 Å². The monoisotopic (exact) mass is 798 g/mol. The van der Waals surface area contributed by atoms with Crippen molar-refractivity contribution in [3.63, 3.8) is 0 Å². The smallest absolute Gasteiger partial charge is 0.245 e. The normalized spacial score (nSPS) is 18.8. The Morgan fingerprint density at radius 1 is 0.684 bits per heavy atom. The quantitative estimate of drug-likeness (QED) is 0.0596. The second-order valence-corrected chi connectivity index (χ2v) is 14.9. The Morgan fingerprint density at radius 2 is 1.14 bits per heavy atom. The van der Waals surface area contributed by atoms with Crippen molar-refractivity contribution in [2.24, 2.45) is 0 Å². The minimum Gasteiger partial charge on any atom is -0.350 e. The number of carbonyl (C=O) groups excluding carboxylic acids is 5. The molecule has 2 aliphatic heterocycles. The Hall–Kier alpha value is -4.51. The van der Waals surface area contributed by atoms with Crippen molar-refractivity contribution < 1.29 is 37.6 Å². The molecule has 6 atom stereocenters. The van der Waals surface area contributed by atoms with E-state index >= 15 is 0 Å². The maximum Gasteiger partial charge on any atom is 0.245 e. The lowest BCUT2D eigenvalue weighted by molar-refractivity contribution is -0.145. The maximum atomic E-state index is 13.9. The van der Waals surface area contributed by atoms with Gasteiger partial charge >= 0.3 is 0 Å². The third kappa shape index (κ3) is 13.8. The third-order valence-corrected chi connectivity index (χ3v) is 10.7. The molecule has 0 bridgehead atoms. The number of nitrogens with zero attached hydrogens (tertiary/aromatic N) is 2.